The summed E-state index contributed by atoms with van der Waals surface area (Å²) in [7, 11) is -3.31. The molecule has 0 bridgehead atoms. The van der Waals surface area contributed by atoms with Crippen LogP contribution in [0.4, 0.5) is 0 Å². The summed E-state index contributed by atoms with van der Waals surface area (Å²) in [5.74, 6) is 1.41. The summed E-state index contributed by atoms with van der Waals surface area (Å²) in [6, 6.07) is 10.5. The standard InChI is InChI=1S/C16H18N2O3S.C10H12BrNO/c1-12(2)8-10-21-14-5-4-9-17-16(14)13-6-7-15(18-11-13)22(3,19)20;1-8(2)5-7-13-9-4-3-6-12-10(9)11/h4-9,11H,10H2,1-3H3;3-6H,7H2,1-2H3. The monoisotopic (exact) mass is 559 g/mol. The summed E-state index contributed by atoms with van der Waals surface area (Å²) in [6.07, 6.45) is 10.0. The fourth-order valence-corrected chi connectivity index (χ4v) is 3.46. The van der Waals surface area contributed by atoms with Gasteiger partial charge in [-0.05, 0) is 92.2 Å². The van der Waals surface area contributed by atoms with Gasteiger partial charge in [0.2, 0.25) is 0 Å². The molecule has 9 heteroatoms. The van der Waals surface area contributed by atoms with Crippen molar-refractivity contribution in [1.82, 2.24) is 15.0 Å². The molecule has 0 amide bonds. The molecule has 0 aliphatic rings. The second-order valence-electron chi connectivity index (χ2n) is 7.98. The third-order valence-electron chi connectivity index (χ3n) is 4.35. The van der Waals surface area contributed by atoms with Crippen LogP contribution in [-0.4, -0.2) is 42.8 Å². The summed E-state index contributed by atoms with van der Waals surface area (Å²) in [4.78, 5) is 12.3. The first kappa shape index (κ1) is 28.2. The maximum Gasteiger partial charge on any atom is 0.192 e. The molecule has 0 unspecified atom stereocenters. The van der Waals surface area contributed by atoms with Gasteiger partial charge in [-0.25, -0.2) is 18.4 Å². The molecular formula is C26H30BrN3O4S. The van der Waals surface area contributed by atoms with Gasteiger partial charge in [-0.3, -0.25) is 4.98 Å². The second kappa shape index (κ2) is 13.7. The van der Waals surface area contributed by atoms with E-state index in [0.29, 0.717) is 30.2 Å². The molecule has 0 saturated carbocycles. The van der Waals surface area contributed by atoms with Crippen molar-refractivity contribution in [1.29, 1.82) is 0 Å². The number of halogens is 1. The minimum absolute atomic E-state index is 0.0409. The van der Waals surface area contributed by atoms with E-state index in [1.165, 1.54) is 23.4 Å². The average molecular weight is 561 g/mol. The molecule has 0 aromatic carbocycles. The highest BCUT2D eigenvalue weighted by Crippen LogP contribution is 2.27. The van der Waals surface area contributed by atoms with Gasteiger partial charge in [0.1, 0.15) is 29.3 Å². The lowest BCUT2D eigenvalue weighted by Gasteiger charge is -2.09. The van der Waals surface area contributed by atoms with Crippen molar-refractivity contribution in [3.8, 4) is 22.8 Å². The van der Waals surface area contributed by atoms with Crippen LogP contribution >= 0.6 is 15.9 Å². The van der Waals surface area contributed by atoms with Gasteiger partial charge in [-0.1, -0.05) is 11.1 Å². The van der Waals surface area contributed by atoms with Crippen molar-refractivity contribution in [2.75, 3.05) is 19.5 Å². The first-order valence-corrected chi connectivity index (χ1v) is 13.5. The van der Waals surface area contributed by atoms with Crippen LogP contribution in [0.3, 0.4) is 0 Å². The summed E-state index contributed by atoms with van der Waals surface area (Å²) in [6.45, 7) is 9.13. The molecule has 0 N–H and O–H groups in total. The van der Waals surface area contributed by atoms with Gasteiger partial charge in [-0.2, -0.15) is 0 Å². The molecule has 0 spiro atoms. The summed E-state index contributed by atoms with van der Waals surface area (Å²) in [5, 5.41) is 0.0409. The SMILES string of the molecule is CC(C)=CCOc1cccnc1-c1ccc(S(C)(=O)=O)nc1.CC(C)=CCOc1cccnc1Br. The molecule has 0 aliphatic heterocycles. The molecule has 0 saturated heterocycles. The molecule has 0 atom stereocenters. The Bertz CT molecular complexity index is 1270. The van der Waals surface area contributed by atoms with E-state index in [-0.39, 0.29) is 5.03 Å². The predicted molar refractivity (Wildman–Crippen MR) is 142 cm³/mol. The zero-order chi connectivity index (χ0) is 25.8. The Labute approximate surface area is 216 Å². The minimum atomic E-state index is -3.31. The number of hydrogen-bond acceptors (Lipinski definition) is 7. The molecule has 0 fully saturated rings. The van der Waals surface area contributed by atoms with Crippen LogP contribution in [-0.2, 0) is 9.84 Å². The van der Waals surface area contributed by atoms with E-state index < -0.39 is 9.84 Å². The number of ether oxygens (including phenoxy) is 2. The second-order valence-corrected chi connectivity index (χ2v) is 10.7. The third-order valence-corrected chi connectivity index (χ3v) is 5.94. The summed E-state index contributed by atoms with van der Waals surface area (Å²) >= 11 is 3.31. The van der Waals surface area contributed by atoms with E-state index in [0.717, 1.165) is 16.6 Å². The predicted octanol–water partition coefficient (Wildman–Crippen LogP) is 6.08. The van der Waals surface area contributed by atoms with Gasteiger partial charge in [0.15, 0.2) is 20.6 Å². The molecule has 7 nitrogen and oxygen atoms in total. The van der Waals surface area contributed by atoms with Gasteiger partial charge in [0.25, 0.3) is 0 Å². The van der Waals surface area contributed by atoms with Crippen LogP contribution in [0, 0.1) is 0 Å². The lowest BCUT2D eigenvalue weighted by atomic mass is 10.2. The highest BCUT2D eigenvalue weighted by Gasteiger charge is 2.11. The Hall–Kier alpha value is -3.04. The van der Waals surface area contributed by atoms with Crippen LogP contribution in [0.1, 0.15) is 27.7 Å². The maximum atomic E-state index is 11.4. The van der Waals surface area contributed by atoms with E-state index in [9.17, 15) is 8.42 Å². The molecule has 35 heavy (non-hydrogen) atoms. The van der Waals surface area contributed by atoms with E-state index in [4.69, 9.17) is 9.47 Å². The lowest BCUT2D eigenvalue weighted by molar-refractivity contribution is 0.358. The minimum Gasteiger partial charge on any atom is -0.487 e. The van der Waals surface area contributed by atoms with E-state index in [2.05, 4.69) is 30.9 Å². The van der Waals surface area contributed by atoms with Crippen LogP contribution < -0.4 is 9.47 Å². The number of rotatable bonds is 8. The Morgan fingerprint density at radius 1 is 0.857 bits per heavy atom. The van der Waals surface area contributed by atoms with Crippen LogP contribution in [0.15, 0.2) is 87.9 Å². The molecule has 3 aromatic heterocycles. The first-order chi connectivity index (χ1) is 16.6. The topological polar surface area (TPSA) is 91.3 Å². The number of allylic oxidation sites excluding steroid dienone is 2. The molecular weight excluding hydrogens is 530 g/mol. The fraction of sp³-hybridized carbons (Fsp3) is 0.269. The number of nitrogens with zero attached hydrogens (tertiary/aromatic N) is 3. The number of sulfone groups is 1. The molecule has 3 rings (SSSR count). The molecule has 3 heterocycles. The Balaban J connectivity index is 0.000000283. The lowest BCUT2D eigenvalue weighted by Crippen LogP contribution is -2.01. The number of hydrogen-bond donors (Lipinski definition) is 0. The van der Waals surface area contributed by atoms with Crippen molar-refractivity contribution in [2.24, 2.45) is 0 Å². The number of pyridine rings is 3. The highest BCUT2D eigenvalue weighted by atomic mass is 79.9. The Kier molecular flexibility index (Phi) is 11.1. The van der Waals surface area contributed by atoms with Gasteiger partial charge in [0.05, 0.1) is 0 Å². The quantitative estimate of drug-likeness (QED) is 0.244. The number of aromatic nitrogens is 3. The van der Waals surface area contributed by atoms with Crippen molar-refractivity contribution in [3.63, 3.8) is 0 Å². The first-order valence-electron chi connectivity index (χ1n) is 10.8. The average Bonchev–Trinajstić information content (AvgIpc) is 2.80. The Morgan fingerprint density at radius 2 is 1.43 bits per heavy atom. The van der Waals surface area contributed by atoms with Crippen LogP contribution in [0.2, 0.25) is 0 Å². The van der Waals surface area contributed by atoms with E-state index in [1.54, 1.807) is 24.5 Å². The fourth-order valence-electron chi connectivity index (χ4n) is 2.54. The third kappa shape index (κ3) is 10.00. The zero-order valence-electron chi connectivity index (χ0n) is 20.5. The molecule has 3 aromatic rings. The largest absolute Gasteiger partial charge is 0.487 e. The zero-order valence-corrected chi connectivity index (χ0v) is 22.9. The van der Waals surface area contributed by atoms with E-state index in [1.807, 2.05) is 58.0 Å². The van der Waals surface area contributed by atoms with Crippen molar-refractivity contribution >= 4 is 25.8 Å². The van der Waals surface area contributed by atoms with Gasteiger partial charge < -0.3 is 9.47 Å². The molecule has 0 radical (unpaired) electrons. The Morgan fingerprint density at radius 3 is 1.94 bits per heavy atom. The van der Waals surface area contributed by atoms with Crippen LogP contribution in [0.25, 0.3) is 11.3 Å². The van der Waals surface area contributed by atoms with Gasteiger partial charge >= 0.3 is 0 Å². The van der Waals surface area contributed by atoms with Crippen LogP contribution in [0.5, 0.6) is 11.5 Å². The van der Waals surface area contributed by atoms with Crippen molar-refractivity contribution < 1.29 is 17.9 Å². The molecule has 186 valence electrons. The van der Waals surface area contributed by atoms with Crippen molar-refractivity contribution in [3.05, 3.63) is 82.9 Å². The maximum absolute atomic E-state index is 11.4. The summed E-state index contributed by atoms with van der Waals surface area (Å²) in [5.41, 5.74) is 3.77. The normalized spacial score (nSPS) is 10.5. The highest BCUT2D eigenvalue weighted by molar-refractivity contribution is 9.10. The van der Waals surface area contributed by atoms with Gasteiger partial charge in [0, 0.05) is 30.4 Å². The molecule has 0 aliphatic carbocycles. The summed E-state index contributed by atoms with van der Waals surface area (Å²) < 4.78 is 34.8. The van der Waals surface area contributed by atoms with Gasteiger partial charge in [-0.15, -0.1) is 0 Å². The van der Waals surface area contributed by atoms with E-state index >= 15 is 0 Å². The smallest absolute Gasteiger partial charge is 0.192 e. The van der Waals surface area contributed by atoms with Crippen molar-refractivity contribution in [2.45, 2.75) is 32.7 Å².